The van der Waals surface area contributed by atoms with Gasteiger partial charge in [-0.1, -0.05) is 19.3 Å². The maximum atomic E-state index is 12.8. The first-order valence-corrected chi connectivity index (χ1v) is 8.63. The lowest BCUT2D eigenvalue weighted by Gasteiger charge is -2.31. The van der Waals surface area contributed by atoms with Gasteiger partial charge >= 0.3 is 0 Å². The Hall–Kier alpha value is -1.75. The first-order valence-electron chi connectivity index (χ1n) is 7.82. The van der Waals surface area contributed by atoms with Gasteiger partial charge in [0.1, 0.15) is 9.88 Å². The van der Waals surface area contributed by atoms with Crippen molar-refractivity contribution in [2.45, 2.75) is 45.1 Å². The monoisotopic (exact) mass is 315 g/mol. The highest BCUT2D eigenvalue weighted by Gasteiger charge is 2.26. The van der Waals surface area contributed by atoms with Crippen LogP contribution in [0.2, 0.25) is 0 Å². The van der Waals surface area contributed by atoms with Gasteiger partial charge in [0.05, 0.1) is 5.69 Å². The van der Waals surface area contributed by atoms with Gasteiger partial charge in [-0.3, -0.25) is 9.78 Å². The van der Waals surface area contributed by atoms with Gasteiger partial charge in [-0.25, -0.2) is 4.98 Å². The Labute approximate surface area is 135 Å². The molecule has 0 aromatic carbocycles. The lowest BCUT2D eigenvalue weighted by Crippen LogP contribution is -2.38. The van der Waals surface area contributed by atoms with Gasteiger partial charge in [0.15, 0.2) is 0 Å². The molecule has 2 aromatic rings. The molecular formula is C17H21N3OS. The van der Waals surface area contributed by atoms with Crippen LogP contribution >= 0.6 is 11.3 Å². The van der Waals surface area contributed by atoms with Gasteiger partial charge in [-0.15, -0.1) is 11.3 Å². The molecule has 0 aliphatic heterocycles. The fourth-order valence-corrected chi connectivity index (χ4v) is 4.06. The predicted molar refractivity (Wildman–Crippen MR) is 89.0 cm³/mol. The van der Waals surface area contributed by atoms with Crippen molar-refractivity contribution in [3.05, 3.63) is 35.1 Å². The number of aromatic nitrogens is 2. The van der Waals surface area contributed by atoms with Gasteiger partial charge in [0, 0.05) is 31.0 Å². The zero-order chi connectivity index (χ0) is 15.5. The molecule has 0 spiro atoms. The molecule has 0 bridgehead atoms. The van der Waals surface area contributed by atoms with Gasteiger partial charge < -0.3 is 4.90 Å². The Morgan fingerprint density at radius 3 is 2.59 bits per heavy atom. The fourth-order valence-electron chi connectivity index (χ4n) is 3.01. The van der Waals surface area contributed by atoms with Gasteiger partial charge in [-0.2, -0.15) is 0 Å². The van der Waals surface area contributed by atoms with Crippen molar-refractivity contribution in [2.75, 3.05) is 7.05 Å². The normalized spacial score (nSPS) is 15.7. The maximum absolute atomic E-state index is 12.8. The van der Waals surface area contributed by atoms with Crippen LogP contribution in [-0.4, -0.2) is 33.9 Å². The molecule has 3 rings (SSSR count). The molecule has 0 saturated heterocycles. The highest BCUT2D eigenvalue weighted by atomic mass is 32.1. The lowest BCUT2D eigenvalue weighted by molar-refractivity contribution is 0.0700. The molecule has 0 N–H and O–H groups in total. The van der Waals surface area contributed by atoms with Crippen LogP contribution in [0.25, 0.3) is 10.6 Å². The molecule has 5 heteroatoms. The van der Waals surface area contributed by atoms with E-state index in [1.165, 1.54) is 30.6 Å². The zero-order valence-corrected chi connectivity index (χ0v) is 13.9. The van der Waals surface area contributed by atoms with E-state index in [1.807, 2.05) is 31.0 Å². The number of pyridine rings is 1. The first-order chi connectivity index (χ1) is 10.7. The Morgan fingerprint density at radius 1 is 1.23 bits per heavy atom. The SMILES string of the molecule is Cc1nc(-c2ccncc2)sc1C(=O)N(C)C1CCCCC1. The number of hydrogen-bond donors (Lipinski definition) is 0. The average Bonchev–Trinajstić information content (AvgIpc) is 2.97. The number of amides is 1. The van der Waals surface area contributed by atoms with E-state index in [-0.39, 0.29) is 5.91 Å². The molecule has 0 atom stereocenters. The van der Waals surface area contributed by atoms with Crippen molar-refractivity contribution in [3.8, 4) is 10.6 Å². The van der Waals surface area contributed by atoms with Crippen LogP contribution in [0, 0.1) is 6.92 Å². The van der Waals surface area contributed by atoms with E-state index in [1.54, 1.807) is 12.4 Å². The summed E-state index contributed by atoms with van der Waals surface area (Å²) < 4.78 is 0. The van der Waals surface area contributed by atoms with Crippen LogP contribution in [-0.2, 0) is 0 Å². The summed E-state index contributed by atoms with van der Waals surface area (Å²) in [6.07, 6.45) is 9.50. The molecule has 116 valence electrons. The molecule has 1 fully saturated rings. The lowest BCUT2D eigenvalue weighted by atomic mass is 9.94. The first kappa shape index (κ1) is 15.2. The predicted octanol–water partition coefficient (Wildman–Crippen LogP) is 3.92. The quantitative estimate of drug-likeness (QED) is 0.862. The highest BCUT2D eigenvalue weighted by Crippen LogP contribution is 2.30. The van der Waals surface area contributed by atoms with Crippen molar-refractivity contribution in [1.82, 2.24) is 14.9 Å². The summed E-state index contributed by atoms with van der Waals surface area (Å²) in [5.74, 6) is 0.113. The largest absolute Gasteiger partial charge is 0.338 e. The maximum Gasteiger partial charge on any atom is 0.265 e. The van der Waals surface area contributed by atoms with E-state index in [2.05, 4.69) is 9.97 Å². The third kappa shape index (κ3) is 3.04. The average molecular weight is 315 g/mol. The van der Waals surface area contributed by atoms with Crippen LogP contribution in [0.5, 0.6) is 0 Å². The van der Waals surface area contributed by atoms with Crippen molar-refractivity contribution < 1.29 is 4.79 Å². The molecule has 0 radical (unpaired) electrons. The standard InChI is InChI=1S/C17H21N3OS/c1-12-15(17(21)20(2)14-6-4-3-5-7-14)22-16(19-12)13-8-10-18-11-9-13/h8-11,14H,3-7H2,1-2H3. The second-order valence-corrected chi connectivity index (χ2v) is 6.88. The Balaban J connectivity index is 1.82. The molecule has 2 heterocycles. The summed E-state index contributed by atoms with van der Waals surface area (Å²) in [5, 5.41) is 0.889. The van der Waals surface area contributed by atoms with E-state index in [4.69, 9.17) is 0 Å². The van der Waals surface area contributed by atoms with Crippen LogP contribution < -0.4 is 0 Å². The molecular weight excluding hydrogens is 294 g/mol. The summed E-state index contributed by atoms with van der Waals surface area (Å²) in [4.78, 5) is 24.1. The molecule has 2 aromatic heterocycles. The Kier molecular flexibility index (Phi) is 4.52. The van der Waals surface area contributed by atoms with Crippen molar-refractivity contribution in [3.63, 3.8) is 0 Å². The van der Waals surface area contributed by atoms with Crippen LogP contribution in [0.1, 0.15) is 47.5 Å². The molecule has 1 aliphatic rings. The zero-order valence-electron chi connectivity index (χ0n) is 13.1. The van der Waals surface area contributed by atoms with E-state index >= 15 is 0 Å². The topological polar surface area (TPSA) is 46.1 Å². The number of rotatable bonds is 3. The van der Waals surface area contributed by atoms with E-state index in [0.29, 0.717) is 6.04 Å². The summed E-state index contributed by atoms with van der Waals surface area (Å²) in [7, 11) is 1.93. The van der Waals surface area contributed by atoms with E-state index in [0.717, 1.165) is 34.0 Å². The number of hydrogen-bond acceptors (Lipinski definition) is 4. The number of aryl methyl sites for hydroxylation is 1. The minimum absolute atomic E-state index is 0.113. The van der Waals surface area contributed by atoms with Gasteiger partial charge in [0.25, 0.3) is 5.91 Å². The molecule has 22 heavy (non-hydrogen) atoms. The fraction of sp³-hybridized carbons (Fsp3) is 0.471. The number of thiazole rings is 1. The summed E-state index contributed by atoms with van der Waals surface area (Å²) in [6, 6.07) is 4.24. The van der Waals surface area contributed by atoms with Crippen LogP contribution in [0.3, 0.4) is 0 Å². The minimum atomic E-state index is 0.113. The second-order valence-electron chi connectivity index (χ2n) is 5.88. The van der Waals surface area contributed by atoms with Gasteiger partial charge in [-0.05, 0) is 31.9 Å². The minimum Gasteiger partial charge on any atom is -0.338 e. The molecule has 4 nitrogen and oxygen atoms in total. The third-order valence-electron chi connectivity index (χ3n) is 4.36. The Morgan fingerprint density at radius 2 is 1.91 bits per heavy atom. The van der Waals surface area contributed by atoms with Crippen molar-refractivity contribution in [2.24, 2.45) is 0 Å². The van der Waals surface area contributed by atoms with E-state index in [9.17, 15) is 4.79 Å². The number of carbonyl (C=O) groups is 1. The van der Waals surface area contributed by atoms with E-state index < -0.39 is 0 Å². The molecule has 0 unspecified atom stereocenters. The van der Waals surface area contributed by atoms with Gasteiger partial charge in [0.2, 0.25) is 0 Å². The molecule has 1 saturated carbocycles. The highest BCUT2D eigenvalue weighted by molar-refractivity contribution is 7.17. The van der Waals surface area contributed by atoms with Crippen molar-refractivity contribution >= 4 is 17.2 Å². The molecule has 1 amide bonds. The van der Waals surface area contributed by atoms with Crippen LogP contribution in [0.4, 0.5) is 0 Å². The Bertz CT molecular complexity index is 647. The summed E-state index contributed by atoms with van der Waals surface area (Å²) in [6.45, 7) is 1.92. The smallest absolute Gasteiger partial charge is 0.265 e. The second kappa shape index (κ2) is 6.57. The summed E-state index contributed by atoms with van der Waals surface area (Å²) >= 11 is 1.48. The summed E-state index contributed by atoms with van der Waals surface area (Å²) in [5.41, 5.74) is 1.84. The molecule has 1 aliphatic carbocycles. The number of carbonyl (C=O) groups excluding carboxylic acids is 1. The van der Waals surface area contributed by atoms with Crippen molar-refractivity contribution in [1.29, 1.82) is 0 Å². The van der Waals surface area contributed by atoms with Crippen LogP contribution in [0.15, 0.2) is 24.5 Å². The third-order valence-corrected chi connectivity index (χ3v) is 5.56. The number of nitrogens with zero attached hydrogens (tertiary/aromatic N) is 3.